The highest BCUT2D eigenvalue weighted by molar-refractivity contribution is 7.90. The molecule has 0 spiro atoms. The number of rotatable bonds is 10. The number of carbonyl (C=O) groups excluding carboxylic acids is 2. The molecular formula is C30H36N2O4S. The standard InChI is InChI=1S/C30H36N2O4S/c1-20(2)26-16-24(30(34)23-10-8-7-9-11-23)17-27(21(3)4)28(26)18-29(33)31-37(35,36)25-14-12-22(13-15-25)19-32(5)6/h7-17,20-21H,18-19H2,1-6H3,(H,31,33). The van der Waals surface area contributed by atoms with Crippen LogP contribution in [-0.2, 0) is 27.8 Å². The number of sulfonamides is 1. The number of amides is 1. The van der Waals surface area contributed by atoms with Crippen molar-refractivity contribution in [1.29, 1.82) is 0 Å². The van der Waals surface area contributed by atoms with Gasteiger partial charge in [-0.3, -0.25) is 9.59 Å². The zero-order valence-electron chi connectivity index (χ0n) is 22.4. The lowest BCUT2D eigenvalue weighted by Crippen LogP contribution is -2.32. The van der Waals surface area contributed by atoms with Crippen molar-refractivity contribution in [2.75, 3.05) is 14.1 Å². The number of carbonyl (C=O) groups is 2. The van der Waals surface area contributed by atoms with Gasteiger partial charge in [0.05, 0.1) is 11.3 Å². The van der Waals surface area contributed by atoms with Crippen LogP contribution >= 0.6 is 0 Å². The van der Waals surface area contributed by atoms with Crippen molar-refractivity contribution >= 4 is 21.7 Å². The predicted molar refractivity (Wildman–Crippen MR) is 147 cm³/mol. The molecule has 3 aromatic carbocycles. The average molecular weight is 521 g/mol. The van der Waals surface area contributed by atoms with Crippen LogP contribution in [0.25, 0.3) is 0 Å². The Morgan fingerprint density at radius 3 is 1.84 bits per heavy atom. The molecule has 196 valence electrons. The van der Waals surface area contributed by atoms with Crippen molar-refractivity contribution in [3.8, 4) is 0 Å². The first kappa shape index (κ1) is 28.3. The van der Waals surface area contributed by atoms with Gasteiger partial charge in [0.2, 0.25) is 5.91 Å². The molecule has 3 aromatic rings. The number of benzene rings is 3. The molecule has 0 saturated carbocycles. The maximum absolute atomic E-state index is 13.2. The van der Waals surface area contributed by atoms with Crippen molar-refractivity contribution in [2.45, 2.75) is 57.4 Å². The van der Waals surface area contributed by atoms with E-state index in [1.165, 1.54) is 12.1 Å². The zero-order valence-corrected chi connectivity index (χ0v) is 23.2. The van der Waals surface area contributed by atoms with Gasteiger partial charge in [-0.15, -0.1) is 0 Å². The average Bonchev–Trinajstić information content (AvgIpc) is 2.83. The van der Waals surface area contributed by atoms with Crippen molar-refractivity contribution in [1.82, 2.24) is 9.62 Å². The first-order chi connectivity index (χ1) is 17.4. The lowest BCUT2D eigenvalue weighted by atomic mass is 9.84. The summed E-state index contributed by atoms with van der Waals surface area (Å²) in [4.78, 5) is 28.3. The van der Waals surface area contributed by atoms with E-state index in [0.29, 0.717) is 17.7 Å². The molecule has 0 unspecified atom stereocenters. The van der Waals surface area contributed by atoms with Gasteiger partial charge in [-0.2, -0.15) is 0 Å². The summed E-state index contributed by atoms with van der Waals surface area (Å²) in [5, 5.41) is 0. The fraction of sp³-hybridized carbons (Fsp3) is 0.333. The molecule has 1 N–H and O–H groups in total. The van der Waals surface area contributed by atoms with E-state index in [9.17, 15) is 18.0 Å². The molecule has 0 aliphatic heterocycles. The van der Waals surface area contributed by atoms with Gasteiger partial charge >= 0.3 is 0 Å². The van der Waals surface area contributed by atoms with Crippen molar-refractivity contribution in [3.63, 3.8) is 0 Å². The Kier molecular flexibility index (Phi) is 9.05. The van der Waals surface area contributed by atoms with Crippen LogP contribution in [0.2, 0.25) is 0 Å². The summed E-state index contributed by atoms with van der Waals surface area (Å²) in [6.07, 6.45) is -0.0984. The summed E-state index contributed by atoms with van der Waals surface area (Å²) in [5.41, 5.74) is 4.64. The second-order valence-corrected chi connectivity index (χ2v) is 11.9. The van der Waals surface area contributed by atoms with E-state index >= 15 is 0 Å². The van der Waals surface area contributed by atoms with Gasteiger partial charge in [-0.1, -0.05) is 70.2 Å². The highest BCUT2D eigenvalue weighted by Crippen LogP contribution is 2.31. The van der Waals surface area contributed by atoms with Gasteiger partial charge < -0.3 is 4.90 Å². The number of ketones is 1. The van der Waals surface area contributed by atoms with Crippen LogP contribution in [0, 0.1) is 0 Å². The van der Waals surface area contributed by atoms with Crippen LogP contribution in [0.1, 0.15) is 77.7 Å². The summed E-state index contributed by atoms with van der Waals surface area (Å²) in [6.45, 7) is 8.70. The van der Waals surface area contributed by atoms with Crippen LogP contribution < -0.4 is 4.72 Å². The number of hydrogen-bond donors (Lipinski definition) is 1. The van der Waals surface area contributed by atoms with Crippen molar-refractivity contribution in [3.05, 3.63) is 100 Å². The minimum atomic E-state index is -4.02. The summed E-state index contributed by atoms with van der Waals surface area (Å²) >= 11 is 0. The molecule has 0 fully saturated rings. The van der Waals surface area contributed by atoms with Gasteiger partial charge in [0, 0.05) is 17.7 Å². The lowest BCUT2D eigenvalue weighted by molar-refractivity contribution is -0.118. The Morgan fingerprint density at radius 2 is 1.35 bits per heavy atom. The Bertz CT molecular complexity index is 1330. The Labute approximate surface area is 220 Å². The summed E-state index contributed by atoms with van der Waals surface area (Å²) in [7, 11) is -0.143. The molecule has 6 nitrogen and oxygen atoms in total. The van der Waals surface area contributed by atoms with E-state index in [2.05, 4.69) is 4.72 Å². The molecule has 0 aliphatic carbocycles. The first-order valence-corrected chi connectivity index (χ1v) is 13.9. The molecule has 1 amide bonds. The van der Waals surface area contributed by atoms with Gasteiger partial charge in [0.25, 0.3) is 10.0 Å². The fourth-order valence-electron chi connectivity index (χ4n) is 4.38. The second kappa shape index (κ2) is 11.8. The van der Waals surface area contributed by atoms with Crippen LogP contribution in [0.3, 0.4) is 0 Å². The smallest absolute Gasteiger partial charge is 0.264 e. The van der Waals surface area contributed by atoms with Crippen LogP contribution in [0.4, 0.5) is 0 Å². The van der Waals surface area contributed by atoms with E-state index < -0.39 is 15.9 Å². The third-order valence-electron chi connectivity index (χ3n) is 6.18. The number of nitrogens with one attached hydrogen (secondary N) is 1. The minimum Gasteiger partial charge on any atom is -0.305 e. The molecule has 0 aliphatic rings. The largest absolute Gasteiger partial charge is 0.305 e. The summed E-state index contributed by atoms with van der Waals surface area (Å²) in [5.74, 6) is -0.627. The Balaban J connectivity index is 1.91. The maximum atomic E-state index is 13.2. The van der Waals surface area contributed by atoms with Crippen LogP contribution in [0.15, 0.2) is 71.6 Å². The highest BCUT2D eigenvalue weighted by atomic mass is 32.2. The Hall–Kier alpha value is -3.29. The van der Waals surface area contributed by atoms with E-state index in [1.807, 2.05) is 77.0 Å². The SMILES string of the molecule is CC(C)c1cc(C(=O)c2ccccc2)cc(C(C)C)c1CC(=O)NS(=O)(=O)c1ccc(CN(C)C)cc1. The molecule has 3 rings (SSSR count). The molecule has 0 atom stereocenters. The monoisotopic (exact) mass is 520 g/mol. The summed E-state index contributed by atoms with van der Waals surface area (Å²) < 4.78 is 28.1. The van der Waals surface area contributed by atoms with Gasteiger partial charge in [0.1, 0.15) is 0 Å². The predicted octanol–water partition coefficient (Wildman–Crippen LogP) is 5.27. The molecular weight excluding hydrogens is 484 g/mol. The first-order valence-electron chi connectivity index (χ1n) is 12.4. The van der Waals surface area contributed by atoms with Gasteiger partial charge in [0.15, 0.2) is 5.78 Å². The lowest BCUT2D eigenvalue weighted by Gasteiger charge is -2.21. The van der Waals surface area contributed by atoms with Crippen LogP contribution in [0.5, 0.6) is 0 Å². The van der Waals surface area contributed by atoms with Gasteiger partial charge in [-0.05, 0) is 72.5 Å². The third-order valence-corrected chi connectivity index (χ3v) is 7.57. The molecule has 7 heteroatoms. The Morgan fingerprint density at radius 1 is 0.811 bits per heavy atom. The molecule has 0 heterocycles. The van der Waals surface area contributed by atoms with Crippen molar-refractivity contribution < 1.29 is 18.0 Å². The quantitative estimate of drug-likeness (QED) is 0.368. The highest BCUT2D eigenvalue weighted by Gasteiger charge is 2.24. The zero-order chi connectivity index (χ0) is 27.3. The maximum Gasteiger partial charge on any atom is 0.264 e. The third kappa shape index (κ3) is 7.14. The molecule has 0 saturated heterocycles. The number of nitrogens with zero attached hydrogens (tertiary/aromatic N) is 1. The molecule has 0 bridgehead atoms. The molecule has 37 heavy (non-hydrogen) atoms. The summed E-state index contributed by atoms with van der Waals surface area (Å²) in [6, 6.07) is 19.3. The van der Waals surface area contributed by atoms with Crippen molar-refractivity contribution in [2.24, 2.45) is 0 Å². The molecule has 0 aromatic heterocycles. The van der Waals surface area contributed by atoms with E-state index in [0.717, 1.165) is 22.3 Å². The van der Waals surface area contributed by atoms with E-state index in [-0.39, 0.29) is 28.9 Å². The van der Waals surface area contributed by atoms with Crippen LogP contribution in [-0.4, -0.2) is 39.1 Å². The normalized spacial score (nSPS) is 11.8. The second-order valence-electron chi connectivity index (χ2n) is 10.2. The van der Waals surface area contributed by atoms with E-state index in [4.69, 9.17) is 0 Å². The van der Waals surface area contributed by atoms with E-state index in [1.54, 1.807) is 24.3 Å². The minimum absolute atomic E-state index is 0.0321. The number of hydrogen-bond acceptors (Lipinski definition) is 5. The molecule has 0 radical (unpaired) electrons. The fourth-order valence-corrected chi connectivity index (χ4v) is 5.37. The van der Waals surface area contributed by atoms with Gasteiger partial charge in [-0.25, -0.2) is 13.1 Å². The topological polar surface area (TPSA) is 83.5 Å².